The van der Waals surface area contributed by atoms with E-state index in [1.165, 1.54) is 12.1 Å². The lowest BCUT2D eigenvalue weighted by Crippen LogP contribution is -2.47. The van der Waals surface area contributed by atoms with Crippen LogP contribution >= 0.6 is 0 Å². The maximum atomic E-state index is 13.5. The molecule has 2 atom stereocenters. The fourth-order valence-electron chi connectivity index (χ4n) is 2.76. The van der Waals surface area contributed by atoms with Gasteiger partial charge in [-0.2, -0.15) is 0 Å². The molecule has 2 N–H and O–H groups in total. The maximum Gasteiger partial charge on any atom is 0.311 e. The summed E-state index contributed by atoms with van der Waals surface area (Å²) in [6.45, 7) is 1.59. The fourth-order valence-corrected chi connectivity index (χ4v) is 2.76. The molecule has 0 bridgehead atoms. The molecule has 1 aliphatic carbocycles. The molecule has 1 fully saturated rings. The van der Waals surface area contributed by atoms with Crippen molar-refractivity contribution in [2.75, 3.05) is 0 Å². The molecule has 1 aliphatic rings. The number of carbonyl (C=O) groups is 2. The highest BCUT2D eigenvalue weighted by molar-refractivity contribution is 5.81. The molecule has 1 saturated carbocycles. The Labute approximate surface area is 121 Å². The van der Waals surface area contributed by atoms with Crippen molar-refractivity contribution in [3.8, 4) is 0 Å². The first-order valence-corrected chi connectivity index (χ1v) is 6.80. The van der Waals surface area contributed by atoms with Crippen molar-refractivity contribution in [3.63, 3.8) is 0 Å². The van der Waals surface area contributed by atoms with Crippen LogP contribution in [0, 0.1) is 17.0 Å². The van der Waals surface area contributed by atoms with Gasteiger partial charge in [0.1, 0.15) is 0 Å². The van der Waals surface area contributed by atoms with Crippen molar-refractivity contribution in [2.45, 2.75) is 38.6 Å². The predicted molar refractivity (Wildman–Crippen MR) is 71.6 cm³/mol. The van der Waals surface area contributed by atoms with Gasteiger partial charge < -0.3 is 10.4 Å². The van der Waals surface area contributed by atoms with Crippen molar-refractivity contribution >= 4 is 11.9 Å². The number of benzene rings is 1. The van der Waals surface area contributed by atoms with Gasteiger partial charge in [0.25, 0.3) is 0 Å². The monoisotopic (exact) mass is 297 g/mol. The standard InChI is InChI=1S/C15H17F2NO3/c1-15(14(20)21)7-3-6-11(15)18-12(19)8-9-4-2-5-10(16)13(9)17/h2,4-5,11H,3,6-8H2,1H3,(H,18,19)(H,20,21). The van der Waals surface area contributed by atoms with Gasteiger partial charge in [0.2, 0.25) is 5.91 Å². The lowest BCUT2D eigenvalue weighted by molar-refractivity contribution is -0.149. The van der Waals surface area contributed by atoms with Crippen molar-refractivity contribution in [1.29, 1.82) is 0 Å². The van der Waals surface area contributed by atoms with E-state index in [4.69, 9.17) is 0 Å². The molecule has 1 amide bonds. The van der Waals surface area contributed by atoms with E-state index in [-0.39, 0.29) is 12.0 Å². The molecule has 114 valence electrons. The van der Waals surface area contributed by atoms with Gasteiger partial charge in [0, 0.05) is 11.6 Å². The molecular formula is C15H17F2NO3. The Kier molecular flexibility index (Phi) is 4.25. The highest BCUT2D eigenvalue weighted by atomic mass is 19.2. The smallest absolute Gasteiger partial charge is 0.311 e. The first kappa shape index (κ1) is 15.4. The summed E-state index contributed by atoms with van der Waals surface area (Å²) in [5.41, 5.74) is -1.04. The highest BCUT2D eigenvalue weighted by Crippen LogP contribution is 2.38. The van der Waals surface area contributed by atoms with E-state index in [0.717, 1.165) is 6.07 Å². The quantitative estimate of drug-likeness (QED) is 0.896. The van der Waals surface area contributed by atoms with E-state index in [0.29, 0.717) is 19.3 Å². The van der Waals surface area contributed by atoms with Gasteiger partial charge in [0.05, 0.1) is 11.8 Å². The molecule has 0 saturated heterocycles. The summed E-state index contributed by atoms with van der Waals surface area (Å²) in [4.78, 5) is 23.3. The number of carboxylic acid groups (broad SMARTS) is 1. The molecule has 0 aromatic heterocycles. The fraction of sp³-hybridized carbons (Fsp3) is 0.467. The third-order valence-electron chi connectivity index (χ3n) is 4.16. The van der Waals surface area contributed by atoms with Gasteiger partial charge in [-0.05, 0) is 25.8 Å². The summed E-state index contributed by atoms with van der Waals surface area (Å²) < 4.78 is 26.6. The Bertz CT molecular complexity index is 576. The van der Waals surface area contributed by atoms with Crippen LogP contribution in [0.25, 0.3) is 0 Å². The summed E-state index contributed by atoms with van der Waals surface area (Å²) >= 11 is 0. The van der Waals surface area contributed by atoms with Gasteiger partial charge in [-0.3, -0.25) is 9.59 Å². The minimum absolute atomic E-state index is 0.0393. The average Bonchev–Trinajstić information content (AvgIpc) is 2.78. The van der Waals surface area contributed by atoms with Crippen LogP contribution in [-0.4, -0.2) is 23.0 Å². The predicted octanol–water partition coefficient (Wildman–Crippen LogP) is 2.27. The molecule has 21 heavy (non-hydrogen) atoms. The maximum absolute atomic E-state index is 13.5. The second-order valence-electron chi connectivity index (χ2n) is 5.62. The molecule has 6 heteroatoms. The van der Waals surface area contributed by atoms with Crippen LogP contribution in [0.1, 0.15) is 31.7 Å². The lowest BCUT2D eigenvalue weighted by Gasteiger charge is -2.27. The Hall–Kier alpha value is -1.98. The number of hydrogen-bond acceptors (Lipinski definition) is 2. The van der Waals surface area contributed by atoms with Crippen LogP contribution in [0.15, 0.2) is 18.2 Å². The van der Waals surface area contributed by atoms with Gasteiger partial charge in [0.15, 0.2) is 11.6 Å². The zero-order valence-electron chi connectivity index (χ0n) is 11.7. The Morgan fingerprint density at radius 3 is 2.81 bits per heavy atom. The summed E-state index contributed by atoms with van der Waals surface area (Å²) in [6, 6.07) is 3.16. The summed E-state index contributed by atoms with van der Waals surface area (Å²) in [5.74, 6) is -3.50. The topological polar surface area (TPSA) is 66.4 Å². The van der Waals surface area contributed by atoms with Gasteiger partial charge in [-0.1, -0.05) is 18.6 Å². The first-order chi connectivity index (χ1) is 9.84. The third-order valence-corrected chi connectivity index (χ3v) is 4.16. The van der Waals surface area contributed by atoms with Gasteiger partial charge in [-0.15, -0.1) is 0 Å². The van der Waals surface area contributed by atoms with Crippen molar-refractivity contribution in [3.05, 3.63) is 35.4 Å². The molecule has 2 unspecified atom stereocenters. The van der Waals surface area contributed by atoms with E-state index in [2.05, 4.69) is 5.32 Å². The molecule has 1 aromatic rings. The minimum Gasteiger partial charge on any atom is -0.481 e. The number of amides is 1. The third kappa shape index (κ3) is 3.04. The van der Waals surface area contributed by atoms with Crippen LogP contribution in [0.4, 0.5) is 8.78 Å². The zero-order valence-corrected chi connectivity index (χ0v) is 11.7. The molecule has 4 nitrogen and oxygen atoms in total. The van der Waals surface area contributed by atoms with Crippen molar-refractivity contribution in [1.82, 2.24) is 5.32 Å². The number of aliphatic carboxylic acids is 1. The lowest BCUT2D eigenvalue weighted by atomic mass is 9.85. The van der Waals surface area contributed by atoms with E-state index in [9.17, 15) is 23.5 Å². The molecule has 0 aliphatic heterocycles. The van der Waals surface area contributed by atoms with Crippen LogP contribution < -0.4 is 5.32 Å². The van der Waals surface area contributed by atoms with Crippen LogP contribution in [0.2, 0.25) is 0 Å². The molecule has 0 spiro atoms. The number of carboxylic acids is 1. The molecule has 0 radical (unpaired) electrons. The Morgan fingerprint density at radius 1 is 1.43 bits per heavy atom. The number of rotatable bonds is 4. The SMILES string of the molecule is CC1(C(=O)O)CCCC1NC(=O)Cc1cccc(F)c1F. The Morgan fingerprint density at radius 2 is 2.14 bits per heavy atom. The van der Waals surface area contributed by atoms with Gasteiger partial charge >= 0.3 is 5.97 Å². The zero-order chi connectivity index (χ0) is 15.6. The second-order valence-corrected chi connectivity index (χ2v) is 5.62. The van der Waals surface area contributed by atoms with Crippen LogP contribution in [0.5, 0.6) is 0 Å². The van der Waals surface area contributed by atoms with Crippen LogP contribution in [0.3, 0.4) is 0 Å². The van der Waals surface area contributed by atoms with E-state index >= 15 is 0 Å². The summed E-state index contributed by atoms with van der Waals surface area (Å²) in [6.07, 6.45) is 1.46. The average molecular weight is 297 g/mol. The highest BCUT2D eigenvalue weighted by Gasteiger charge is 2.45. The van der Waals surface area contributed by atoms with Crippen LogP contribution in [-0.2, 0) is 16.0 Å². The molecular weight excluding hydrogens is 280 g/mol. The molecule has 2 rings (SSSR count). The Balaban J connectivity index is 2.05. The number of halogens is 2. The number of hydrogen-bond donors (Lipinski definition) is 2. The second kappa shape index (κ2) is 5.79. The largest absolute Gasteiger partial charge is 0.481 e. The van der Waals surface area contributed by atoms with Crippen molar-refractivity contribution < 1.29 is 23.5 Å². The van der Waals surface area contributed by atoms with E-state index < -0.39 is 35.0 Å². The van der Waals surface area contributed by atoms with Gasteiger partial charge in [-0.25, -0.2) is 8.78 Å². The molecule has 0 heterocycles. The van der Waals surface area contributed by atoms with E-state index in [1.807, 2.05) is 0 Å². The normalized spacial score (nSPS) is 24.8. The minimum atomic E-state index is -1.04. The number of nitrogens with one attached hydrogen (secondary N) is 1. The number of carbonyl (C=O) groups excluding carboxylic acids is 1. The summed E-state index contributed by atoms with van der Waals surface area (Å²) in [5, 5.41) is 11.9. The van der Waals surface area contributed by atoms with Crippen molar-refractivity contribution in [2.24, 2.45) is 5.41 Å². The van der Waals surface area contributed by atoms with E-state index in [1.54, 1.807) is 6.92 Å². The molecule has 1 aromatic carbocycles. The summed E-state index contributed by atoms with van der Waals surface area (Å²) in [7, 11) is 0. The first-order valence-electron chi connectivity index (χ1n) is 6.80.